The van der Waals surface area contributed by atoms with Gasteiger partial charge in [-0.3, -0.25) is 24.7 Å². The molecule has 4 heterocycles. The van der Waals surface area contributed by atoms with Gasteiger partial charge in [0.15, 0.2) is 0 Å². The van der Waals surface area contributed by atoms with E-state index in [0.29, 0.717) is 37.3 Å². The highest BCUT2D eigenvalue weighted by Crippen LogP contribution is 2.39. The Morgan fingerprint density at radius 1 is 1.09 bits per heavy atom. The molecule has 6 rings (SSSR count). The molecule has 2 amide bonds. The van der Waals surface area contributed by atoms with E-state index in [0.717, 1.165) is 49.6 Å². The molecule has 8 nitrogen and oxygen atoms in total. The Balaban J connectivity index is 1.14. The number of hydrogen-bond donors (Lipinski definition) is 2. The van der Waals surface area contributed by atoms with Crippen LogP contribution in [-0.4, -0.2) is 71.2 Å². The zero-order chi connectivity index (χ0) is 21.8. The predicted octanol–water partition coefficient (Wildman–Crippen LogP) is 1.18. The first-order valence-corrected chi connectivity index (χ1v) is 12.0. The third-order valence-corrected chi connectivity index (χ3v) is 8.11. The van der Waals surface area contributed by atoms with E-state index in [1.807, 2.05) is 18.2 Å². The summed E-state index contributed by atoms with van der Waals surface area (Å²) in [6, 6.07) is 5.85. The molecule has 3 saturated heterocycles. The van der Waals surface area contributed by atoms with Crippen LogP contribution in [0, 0.1) is 11.8 Å². The van der Waals surface area contributed by atoms with Crippen LogP contribution in [0.1, 0.15) is 49.5 Å². The molecule has 1 saturated carbocycles. The van der Waals surface area contributed by atoms with E-state index in [2.05, 4.69) is 10.2 Å². The molecule has 172 valence electrons. The summed E-state index contributed by atoms with van der Waals surface area (Å²) in [6.45, 7) is 4.51. The maximum Gasteiger partial charge on any atom is 0.244 e. The maximum absolute atomic E-state index is 12.3. The molecule has 32 heavy (non-hydrogen) atoms. The summed E-state index contributed by atoms with van der Waals surface area (Å²) in [4.78, 5) is 28.2. The third kappa shape index (κ3) is 3.53. The van der Waals surface area contributed by atoms with Crippen molar-refractivity contribution in [1.82, 2.24) is 15.1 Å². The van der Waals surface area contributed by atoms with Gasteiger partial charge in [0.2, 0.25) is 11.8 Å². The zero-order valence-electron chi connectivity index (χ0n) is 18.2. The number of ether oxygens (including phenoxy) is 2. The average molecular weight is 442 g/mol. The molecular weight excluding hydrogens is 410 g/mol. The SMILES string of the molecule is O=C1CCC(N2Cc3cc(O[C@H]4CCC[C@@H]4N4C[C@H]5COC[C@H]5C4)ccc3C2O)C(=O)N1. The minimum absolute atomic E-state index is 0.186. The van der Waals surface area contributed by atoms with Gasteiger partial charge in [0.1, 0.15) is 18.1 Å². The lowest BCUT2D eigenvalue weighted by molar-refractivity contribution is -0.141. The van der Waals surface area contributed by atoms with E-state index in [1.54, 1.807) is 4.90 Å². The fraction of sp³-hybridized carbons (Fsp3) is 0.667. The molecule has 1 aromatic carbocycles. The Hall–Kier alpha value is -2.00. The van der Waals surface area contributed by atoms with Crippen molar-refractivity contribution < 1.29 is 24.2 Å². The molecule has 1 aliphatic carbocycles. The van der Waals surface area contributed by atoms with E-state index in [1.165, 1.54) is 12.8 Å². The predicted molar refractivity (Wildman–Crippen MR) is 115 cm³/mol. The first-order chi connectivity index (χ1) is 15.6. The van der Waals surface area contributed by atoms with Crippen LogP contribution in [-0.2, 0) is 20.9 Å². The molecular formula is C24H31N3O5. The molecule has 4 fully saturated rings. The van der Waals surface area contributed by atoms with Gasteiger partial charge in [-0.25, -0.2) is 0 Å². The van der Waals surface area contributed by atoms with Crippen LogP contribution in [0.4, 0.5) is 0 Å². The van der Waals surface area contributed by atoms with Crippen molar-refractivity contribution in [2.45, 2.75) is 63.1 Å². The molecule has 8 heteroatoms. The second-order valence-corrected chi connectivity index (χ2v) is 10.0. The van der Waals surface area contributed by atoms with Crippen molar-refractivity contribution in [3.63, 3.8) is 0 Å². The highest BCUT2D eigenvalue weighted by Gasteiger charge is 2.44. The summed E-state index contributed by atoms with van der Waals surface area (Å²) in [7, 11) is 0. The lowest BCUT2D eigenvalue weighted by Crippen LogP contribution is -2.51. The molecule has 6 atom stereocenters. The number of amides is 2. The molecule has 1 aromatic rings. The van der Waals surface area contributed by atoms with Crippen molar-refractivity contribution in [2.24, 2.45) is 11.8 Å². The Bertz CT molecular complexity index is 911. The molecule has 4 aliphatic heterocycles. The van der Waals surface area contributed by atoms with Gasteiger partial charge >= 0.3 is 0 Å². The number of nitrogens with one attached hydrogen (secondary N) is 1. The number of nitrogens with zero attached hydrogens (tertiary/aromatic N) is 2. The van der Waals surface area contributed by atoms with E-state index in [-0.39, 0.29) is 17.9 Å². The third-order valence-electron chi connectivity index (χ3n) is 8.11. The second kappa shape index (κ2) is 8.09. The summed E-state index contributed by atoms with van der Waals surface area (Å²) in [6.07, 6.45) is 3.51. The fourth-order valence-corrected chi connectivity index (χ4v) is 6.42. The molecule has 5 aliphatic rings. The van der Waals surface area contributed by atoms with Gasteiger partial charge in [0, 0.05) is 49.5 Å². The van der Waals surface area contributed by atoms with Crippen LogP contribution < -0.4 is 10.1 Å². The van der Waals surface area contributed by atoms with Gasteiger partial charge in [0.25, 0.3) is 0 Å². The van der Waals surface area contributed by atoms with Crippen molar-refractivity contribution in [3.8, 4) is 5.75 Å². The number of carbonyl (C=O) groups is 2. The van der Waals surface area contributed by atoms with Gasteiger partial charge in [0.05, 0.1) is 19.3 Å². The average Bonchev–Trinajstić information content (AvgIpc) is 3.52. The van der Waals surface area contributed by atoms with Crippen molar-refractivity contribution in [1.29, 1.82) is 0 Å². The lowest BCUT2D eigenvalue weighted by atomic mass is 10.0. The first-order valence-electron chi connectivity index (χ1n) is 12.0. The number of piperidine rings is 1. The van der Waals surface area contributed by atoms with Crippen molar-refractivity contribution in [3.05, 3.63) is 29.3 Å². The van der Waals surface area contributed by atoms with Crippen LogP contribution in [0.5, 0.6) is 5.75 Å². The standard InChI is InChI=1S/C24H31N3O5/c28-22-7-6-20(23(29)25-22)27-11-14-8-17(4-5-18(14)24(27)30)32-21-3-1-2-19(21)26-9-15-12-31-13-16(15)10-26/h4-5,8,15-16,19-21,24,30H,1-3,6-7,9-13H2,(H,25,28,29)/t15-,16+,19-,20?,21-,24?/m0/s1. The number of aliphatic hydroxyl groups excluding tert-OH is 1. The van der Waals surface area contributed by atoms with E-state index in [9.17, 15) is 14.7 Å². The van der Waals surface area contributed by atoms with Gasteiger partial charge in [-0.1, -0.05) is 6.07 Å². The normalized spacial score (nSPS) is 37.5. The number of carbonyl (C=O) groups excluding carboxylic acids is 2. The molecule has 0 aromatic heterocycles. The second-order valence-electron chi connectivity index (χ2n) is 10.0. The highest BCUT2D eigenvalue weighted by molar-refractivity contribution is 6.00. The largest absolute Gasteiger partial charge is 0.489 e. The van der Waals surface area contributed by atoms with Crippen LogP contribution in [0.2, 0.25) is 0 Å². The number of hydrogen-bond acceptors (Lipinski definition) is 7. The van der Waals surface area contributed by atoms with Crippen LogP contribution in [0.3, 0.4) is 0 Å². The number of fused-ring (bicyclic) bond motifs is 2. The van der Waals surface area contributed by atoms with Gasteiger partial charge in [-0.2, -0.15) is 0 Å². The number of rotatable bonds is 4. The Labute approximate surface area is 187 Å². The summed E-state index contributed by atoms with van der Waals surface area (Å²) in [5.41, 5.74) is 1.81. The van der Waals surface area contributed by atoms with E-state index in [4.69, 9.17) is 9.47 Å². The van der Waals surface area contributed by atoms with Gasteiger partial charge in [-0.05, 0) is 43.4 Å². The smallest absolute Gasteiger partial charge is 0.244 e. The Kier molecular flexibility index (Phi) is 5.21. The van der Waals surface area contributed by atoms with Crippen LogP contribution in [0.25, 0.3) is 0 Å². The molecule has 0 bridgehead atoms. The summed E-state index contributed by atoms with van der Waals surface area (Å²) < 4.78 is 12.1. The van der Waals surface area contributed by atoms with Crippen LogP contribution >= 0.6 is 0 Å². The van der Waals surface area contributed by atoms with Crippen molar-refractivity contribution >= 4 is 11.8 Å². The quantitative estimate of drug-likeness (QED) is 0.678. The van der Waals surface area contributed by atoms with Crippen molar-refractivity contribution in [2.75, 3.05) is 26.3 Å². The highest BCUT2D eigenvalue weighted by atomic mass is 16.5. The first kappa shape index (κ1) is 20.6. The molecule has 2 unspecified atom stereocenters. The maximum atomic E-state index is 12.3. The fourth-order valence-electron chi connectivity index (χ4n) is 6.42. The minimum atomic E-state index is -0.839. The Morgan fingerprint density at radius 2 is 1.91 bits per heavy atom. The molecule has 0 spiro atoms. The number of imide groups is 1. The number of likely N-dealkylation sites (tertiary alicyclic amines) is 1. The zero-order valence-corrected chi connectivity index (χ0v) is 18.2. The Morgan fingerprint density at radius 3 is 2.69 bits per heavy atom. The topological polar surface area (TPSA) is 91.3 Å². The van der Waals surface area contributed by atoms with Gasteiger partial charge < -0.3 is 14.6 Å². The van der Waals surface area contributed by atoms with Gasteiger partial charge in [-0.15, -0.1) is 0 Å². The van der Waals surface area contributed by atoms with Crippen LogP contribution in [0.15, 0.2) is 18.2 Å². The minimum Gasteiger partial charge on any atom is -0.489 e. The molecule has 2 N–H and O–H groups in total. The summed E-state index contributed by atoms with van der Waals surface area (Å²) in [5.74, 6) is 1.63. The van der Waals surface area contributed by atoms with E-state index < -0.39 is 12.3 Å². The monoisotopic (exact) mass is 441 g/mol. The van der Waals surface area contributed by atoms with E-state index >= 15 is 0 Å². The number of benzene rings is 1. The lowest BCUT2D eigenvalue weighted by Gasteiger charge is -2.31. The number of aliphatic hydroxyl groups is 1. The summed E-state index contributed by atoms with van der Waals surface area (Å²) in [5, 5.41) is 13.2. The molecule has 0 radical (unpaired) electrons. The summed E-state index contributed by atoms with van der Waals surface area (Å²) >= 11 is 0.